The summed E-state index contributed by atoms with van der Waals surface area (Å²) in [7, 11) is 0. The van der Waals surface area contributed by atoms with Crippen molar-refractivity contribution in [1.82, 2.24) is 20.8 Å². The van der Waals surface area contributed by atoms with Gasteiger partial charge in [0.15, 0.2) is 0 Å². The van der Waals surface area contributed by atoms with E-state index in [2.05, 4.69) is 20.8 Å². The van der Waals surface area contributed by atoms with E-state index in [1.54, 1.807) is 6.07 Å². The van der Waals surface area contributed by atoms with Crippen molar-refractivity contribution < 1.29 is 9.90 Å². The lowest BCUT2D eigenvalue weighted by molar-refractivity contribution is 0.0883. The Kier molecular flexibility index (Phi) is 2.47. The molecule has 1 aromatic heterocycles. The van der Waals surface area contributed by atoms with Crippen molar-refractivity contribution in [3.05, 3.63) is 18.0 Å². The van der Waals surface area contributed by atoms with Crippen LogP contribution in [0.1, 0.15) is 10.5 Å². The average molecular weight is 196 g/mol. The van der Waals surface area contributed by atoms with Gasteiger partial charge < -0.3 is 15.7 Å². The number of aliphatic hydroxyl groups excluding tert-OH is 1. The number of carbonyl (C=O) groups excluding carboxylic acids is 1. The number of aromatic amines is 1. The highest BCUT2D eigenvalue weighted by atomic mass is 16.3. The highest BCUT2D eigenvalue weighted by Gasteiger charge is 2.26. The van der Waals surface area contributed by atoms with Crippen LogP contribution >= 0.6 is 0 Å². The zero-order valence-corrected chi connectivity index (χ0v) is 7.53. The Bertz CT molecular complexity index is 311. The van der Waals surface area contributed by atoms with Crippen LogP contribution in [0.3, 0.4) is 0 Å². The van der Waals surface area contributed by atoms with Crippen LogP contribution in [0.15, 0.2) is 12.3 Å². The molecule has 76 valence electrons. The summed E-state index contributed by atoms with van der Waals surface area (Å²) in [6.45, 7) is 1.12. The van der Waals surface area contributed by atoms with Gasteiger partial charge in [-0.3, -0.25) is 9.89 Å². The monoisotopic (exact) mass is 196 g/mol. The van der Waals surface area contributed by atoms with Gasteiger partial charge in [-0.2, -0.15) is 5.10 Å². The number of rotatable bonds is 2. The zero-order valence-electron chi connectivity index (χ0n) is 7.53. The molecule has 14 heavy (non-hydrogen) atoms. The number of carbonyl (C=O) groups is 1. The van der Waals surface area contributed by atoms with E-state index in [1.807, 2.05) is 0 Å². The molecule has 6 nitrogen and oxygen atoms in total. The quantitative estimate of drug-likeness (QED) is 0.462. The molecule has 0 saturated carbocycles. The van der Waals surface area contributed by atoms with E-state index in [1.165, 1.54) is 6.20 Å². The minimum atomic E-state index is -0.512. The first-order valence-corrected chi connectivity index (χ1v) is 4.46. The first kappa shape index (κ1) is 9.17. The molecule has 0 unspecified atom stereocenters. The molecule has 4 N–H and O–H groups in total. The number of hydrogen-bond donors (Lipinski definition) is 4. The van der Waals surface area contributed by atoms with Gasteiger partial charge in [0.05, 0.1) is 12.1 Å². The number of nitrogens with zero attached hydrogens (tertiary/aromatic N) is 1. The summed E-state index contributed by atoms with van der Waals surface area (Å²) in [6, 6.07) is 1.37. The maximum Gasteiger partial charge on any atom is 0.269 e. The van der Waals surface area contributed by atoms with Gasteiger partial charge in [0.2, 0.25) is 0 Å². The SMILES string of the molecule is O=C(N[C@@H]1CNC[C@H]1O)c1ccn[nH]1. The molecule has 2 heterocycles. The van der Waals surface area contributed by atoms with E-state index in [9.17, 15) is 9.90 Å². The van der Waals surface area contributed by atoms with Crippen LogP contribution in [0.25, 0.3) is 0 Å². The van der Waals surface area contributed by atoms with Crippen molar-refractivity contribution in [1.29, 1.82) is 0 Å². The van der Waals surface area contributed by atoms with Crippen molar-refractivity contribution in [2.45, 2.75) is 12.1 Å². The summed E-state index contributed by atoms with van der Waals surface area (Å²) >= 11 is 0. The number of aliphatic hydroxyl groups is 1. The van der Waals surface area contributed by atoms with Crippen LogP contribution in [0.4, 0.5) is 0 Å². The predicted octanol–water partition coefficient (Wildman–Crippen LogP) is -1.53. The maximum absolute atomic E-state index is 11.5. The maximum atomic E-state index is 11.5. The minimum absolute atomic E-state index is 0.217. The number of nitrogens with one attached hydrogen (secondary N) is 3. The molecule has 1 fully saturated rings. The van der Waals surface area contributed by atoms with Crippen LogP contribution < -0.4 is 10.6 Å². The normalized spacial score (nSPS) is 26.4. The second-order valence-corrected chi connectivity index (χ2v) is 3.28. The Hall–Kier alpha value is -1.40. The van der Waals surface area contributed by atoms with E-state index in [4.69, 9.17) is 0 Å². The number of H-pyrrole nitrogens is 1. The molecule has 0 aromatic carbocycles. The second-order valence-electron chi connectivity index (χ2n) is 3.28. The third-order valence-electron chi connectivity index (χ3n) is 2.24. The highest BCUT2D eigenvalue weighted by molar-refractivity contribution is 5.92. The topological polar surface area (TPSA) is 90.0 Å². The van der Waals surface area contributed by atoms with Gasteiger partial charge in [-0.05, 0) is 6.07 Å². The van der Waals surface area contributed by atoms with Crippen molar-refractivity contribution >= 4 is 5.91 Å². The lowest BCUT2D eigenvalue weighted by Gasteiger charge is -2.14. The number of amides is 1. The van der Waals surface area contributed by atoms with Crippen molar-refractivity contribution in [3.8, 4) is 0 Å². The Labute approximate surface area is 80.7 Å². The van der Waals surface area contributed by atoms with Crippen LogP contribution in [0.2, 0.25) is 0 Å². The molecule has 1 saturated heterocycles. The van der Waals surface area contributed by atoms with Gasteiger partial charge in [-0.15, -0.1) is 0 Å². The molecule has 1 aliphatic heterocycles. The summed E-state index contributed by atoms with van der Waals surface area (Å²) in [6.07, 6.45) is 1.000. The van der Waals surface area contributed by atoms with Crippen LogP contribution in [0, 0.1) is 0 Å². The average Bonchev–Trinajstić information content (AvgIpc) is 2.77. The fourth-order valence-corrected chi connectivity index (χ4v) is 1.44. The molecule has 0 bridgehead atoms. The molecule has 1 aromatic rings. The summed E-state index contributed by atoms with van der Waals surface area (Å²) < 4.78 is 0. The number of aromatic nitrogens is 2. The van der Waals surface area contributed by atoms with Crippen molar-refractivity contribution in [2.24, 2.45) is 0 Å². The largest absolute Gasteiger partial charge is 0.390 e. The molecule has 1 aliphatic rings. The molecular weight excluding hydrogens is 184 g/mol. The van der Waals surface area contributed by atoms with Gasteiger partial charge in [0.25, 0.3) is 5.91 Å². The van der Waals surface area contributed by atoms with Crippen LogP contribution in [-0.2, 0) is 0 Å². The van der Waals surface area contributed by atoms with E-state index in [0.29, 0.717) is 18.8 Å². The van der Waals surface area contributed by atoms with E-state index >= 15 is 0 Å². The molecule has 1 amide bonds. The Morgan fingerprint density at radius 3 is 3.07 bits per heavy atom. The van der Waals surface area contributed by atoms with E-state index in [0.717, 1.165) is 0 Å². The molecule has 0 aliphatic carbocycles. The van der Waals surface area contributed by atoms with E-state index < -0.39 is 6.10 Å². The van der Waals surface area contributed by atoms with Gasteiger partial charge in [-0.25, -0.2) is 0 Å². The first-order chi connectivity index (χ1) is 6.77. The van der Waals surface area contributed by atoms with E-state index in [-0.39, 0.29) is 11.9 Å². The summed E-state index contributed by atoms with van der Waals surface area (Å²) in [5, 5.41) is 21.4. The zero-order chi connectivity index (χ0) is 9.97. The Morgan fingerprint density at radius 1 is 1.64 bits per heavy atom. The fourth-order valence-electron chi connectivity index (χ4n) is 1.44. The predicted molar refractivity (Wildman–Crippen MR) is 48.7 cm³/mol. The Balaban J connectivity index is 1.95. The molecule has 0 spiro atoms. The summed E-state index contributed by atoms with van der Waals surface area (Å²) in [4.78, 5) is 11.5. The van der Waals surface area contributed by atoms with Crippen LogP contribution in [0.5, 0.6) is 0 Å². The lowest BCUT2D eigenvalue weighted by Crippen LogP contribution is -2.42. The first-order valence-electron chi connectivity index (χ1n) is 4.46. The van der Waals surface area contributed by atoms with Crippen molar-refractivity contribution in [3.63, 3.8) is 0 Å². The molecule has 2 rings (SSSR count). The smallest absolute Gasteiger partial charge is 0.269 e. The molecule has 2 atom stereocenters. The third-order valence-corrected chi connectivity index (χ3v) is 2.24. The highest BCUT2D eigenvalue weighted by Crippen LogP contribution is 2.01. The van der Waals surface area contributed by atoms with Gasteiger partial charge in [0.1, 0.15) is 5.69 Å². The standard InChI is InChI=1S/C8H12N4O2/c13-7-4-9-3-6(7)11-8(14)5-1-2-10-12-5/h1-2,6-7,9,13H,3-4H2,(H,10,12)(H,11,14)/t6-,7-/m1/s1. The van der Waals surface area contributed by atoms with Gasteiger partial charge in [0, 0.05) is 19.3 Å². The summed E-state index contributed by atoms with van der Waals surface area (Å²) in [5.74, 6) is -0.241. The van der Waals surface area contributed by atoms with Gasteiger partial charge >= 0.3 is 0 Å². The molecule has 6 heteroatoms. The second kappa shape index (κ2) is 3.77. The summed E-state index contributed by atoms with van der Waals surface area (Å²) in [5.41, 5.74) is 0.407. The number of hydrogen-bond acceptors (Lipinski definition) is 4. The fraction of sp³-hybridized carbons (Fsp3) is 0.500. The Morgan fingerprint density at radius 2 is 2.50 bits per heavy atom. The van der Waals surface area contributed by atoms with Crippen LogP contribution in [-0.4, -0.2) is 46.4 Å². The third kappa shape index (κ3) is 1.75. The molecular formula is C8H12N4O2. The van der Waals surface area contributed by atoms with Gasteiger partial charge in [-0.1, -0.05) is 0 Å². The van der Waals surface area contributed by atoms with Crippen molar-refractivity contribution in [2.75, 3.05) is 13.1 Å². The molecule has 0 radical (unpaired) electrons. The lowest BCUT2D eigenvalue weighted by atomic mass is 10.2. The number of β-amino-alcohol motifs (C(OH)–C–C–N with tert-alkyl or cyclic N) is 1. The minimum Gasteiger partial charge on any atom is -0.390 e.